The van der Waals surface area contributed by atoms with Gasteiger partial charge in [-0.25, -0.2) is 8.78 Å². The Bertz CT molecular complexity index is 697. The number of nitrogens with zero attached hydrogens (tertiary/aromatic N) is 1. The van der Waals surface area contributed by atoms with Crippen molar-refractivity contribution in [3.8, 4) is 0 Å². The van der Waals surface area contributed by atoms with Crippen LogP contribution in [0.5, 0.6) is 0 Å². The van der Waals surface area contributed by atoms with Gasteiger partial charge in [-0.3, -0.25) is 9.79 Å². The van der Waals surface area contributed by atoms with Crippen LogP contribution in [0.2, 0.25) is 0 Å². The van der Waals surface area contributed by atoms with Crippen molar-refractivity contribution in [2.45, 2.75) is 64.0 Å². The molecule has 2 atom stereocenters. The Labute approximate surface area is 164 Å². The number of carbonyl (C=O) groups is 1. The molecule has 0 bridgehead atoms. The third kappa shape index (κ3) is 5.00. The molecular weight excluding hydrogens is 364 g/mol. The molecule has 2 aliphatic carbocycles. The summed E-state index contributed by atoms with van der Waals surface area (Å²) in [6, 6.07) is 4.19. The third-order valence-corrected chi connectivity index (χ3v) is 5.49. The minimum Gasteiger partial charge on any atom is -0.466 e. The highest BCUT2D eigenvalue weighted by molar-refractivity contribution is 5.81. The number of nitrogens with one attached hydrogen (secondary N) is 2. The highest BCUT2D eigenvalue weighted by atomic mass is 19.1. The first-order valence-electron chi connectivity index (χ1n) is 10.2. The van der Waals surface area contributed by atoms with Crippen molar-refractivity contribution in [3.05, 3.63) is 35.4 Å². The van der Waals surface area contributed by atoms with Crippen LogP contribution in [0.15, 0.2) is 23.2 Å². The first kappa shape index (κ1) is 20.6. The van der Waals surface area contributed by atoms with Crippen LogP contribution in [0.25, 0.3) is 0 Å². The molecule has 1 aromatic rings. The van der Waals surface area contributed by atoms with Crippen molar-refractivity contribution < 1.29 is 18.3 Å². The Balaban J connectivity index is 1.52. The fourth-order valence-corrected chi connectivity index (χ4v) is 3.93. The molecule has 1 aromatic carbocycles. The molecule has 0 heterocycles. The highest BCUT2D eigenvalue weighted by Gasteiger charge is 2.42. The first-order chi connectivity index (χ1) is 13.5. The van der Waals surface area contributed by atoms with Gasteiger partial charge < -0.3 is 15.4 Å². The molecule has 2 N–H and O–H groups in total. The number of esters is 1. The molecule has 0 radical (unpaired) electrons. The maximum absolute atomic E-state index is 14.0. The molecule has 0 saturated heterocycles. The van der Waals surface area contributed by atoms with Crippen LogP contribution in [0.1, 0.15) is 57.4 Å². The van der Waals surface area contributed by atoms with Crippen molar-refractivity contribution in [3.63, 3.8) is 0 Å². The van der Waals surface area contributed by atoms with Crippen LogP contribution in [0.3, 0.4) is 0 Å². The van der Waals surface area contributed by atoms with E-state index in [2.05, 4.69) is 15.6 Å². The maximum atomic E-state index is 14.0. The number of rotatable bonds is 6. The van der Waals surface area contributed by atoms with E-state index in [1.54, 1.807) is 0 Å². The highest BCUT2D eigenvalue weighted by Crippen LogP contribution is 2.43. The van der Waals surface area contributed by atoms with Crippen LogP contribution in [0, 0.1) is 17.6 Å². The Morgan fingerprint density at radius 2 is 1.82 bits per heavy atom. The van der Waals surface area contributed by atoms with Crippen LogP contribution < -0.4 is 10.6 Å². The second kappa shape index (κ2) is 9.34. The molecule has 7 heteroatoms. The lowest BCUT2D eigenvalue weighted by Crippen LogP contribution is -2.46. The number of hydrogen-bond donors (Lipinski definition) is 2. The number of aliphatic imine (C=N–C) groups is 1. The molecule has 2 aliphatic rings. The van der Waals surface area contributed by atoms with Crippen molar-refractivity contribution in [1.82, 2.24) is 10.6 Å². The van der Waals surface area contributed by atoms with Gasteiger partial charge in [-0.15, -0.1) is 0 Å². The van der Waals surface area contributed by atoms with Gasteiger partial charge in [0.1, 0.15) is 11.6 Å². The first-order valence-corrected chi connectivity index (χ1v) is 10.2. The standard InChI is InChI=1S/C21H29F2N3O2/c1-3-24-21(25-14-10-8-13(9-11-14)20(27)28-4-2)26-18-12-15(18)19-16(22)6-5-7-17(19)23/h5-7,13-15,18H,3-4,8-12H2,1-2H3,(H2,24,25,26). The summed E-state index contributed by atoms with van der Waals surface area (Å²) in [6.45, 7) is 4.79. The summed E-state index contributed by atoms with van der Waals surface area (Å²) < 4.78 is 33.1. The Kier molecular flexibility index (Phi) is 6.86. The predicted octanol–water partition coefficient (Wildman–Crippen LogP) is 3.50. The lowest BCUT2D eigenvalue weighted by Gasteiger charge is -2.29. The largest absolute Gasteiger partial charge is 0.466 e. The SMILES string of the molecule is CCN=C(NC1CCC(C(=O)OCC)CC1)NC1CC1c1c(F)cccc1F. The Morgan fingerprint density at radius 3 is 2.43 bits per heavy atom. The van der Waals surface area contributed by atoms with Gasteiger partial charge in [0, 0.05) is 30.1 Å². The van der Waals surface area contributed by atoms with Gasteiger partial charge in [0.2, 0.25) is 0 Å². The minimum absolute atomic E-state index is 0.0191. The van der Waals surface area contributed by atoms with E-state index >= 15 is 0 Å². The number of guanidine groups is 1. The van der Waals surface area contributed by atoms with Gasteiger partial charge in [0.25, 0.3) is 0 Å². The zero-order valence-electron chi connectivity index (χ0n) is 16.5. The molecule has 2 fully saturated rings. The van der Waals surface area contributed by atoms with E-state index in [1.165, 1.54) is 18.2 Å². The Hall–Kier alpha value is -2.18. The van der Waals surface area contributed by atoms with E-state index < -0.39 is 11.6 Å². The molecule has 5 nitrogen and oxygen atoms in total. The number of halogens is 2. The molecule has 0 amide bonds. The van der Waals surface area contributed by atoms with Gasteiger partial charge >= 0.3 is 5.97 Å². The smallest absolute Gasteiger partial charge is 0.308 e. The summed E-state index contributed by atoms with van der Waals surface area (Å²) in [4.78, 5) is 16.3. The number of carbonyl (C=O) groups excluding carboxylic acids is 1. The van der Waals surface area contributed by atoms with E-state index in [-0.39, 0.29) is 35.5 Å². The van der Waals surface area contributed by atoms with Gasteiger partial charge in [-0.2, -0.15) is 0 Å². The van der Waals surface area contributed by atoms with Crippen molar-refractivity contribution >= 4 is 11.9 Å². The van der Waals surface area contributed by atoms with E-state index in [1.807, 2.05) is 13.8 Å². The van der Waals surface area contributed by atoms with E-state index in [9.17, 15) is 13.6 Å². The number of benzene rings is 1. The van der Waals surface area contributed by atoms with Crippen LogP contribution in [-0.4, -0.2) is 37.2 Å². The average Bonchev–Trinajstić information content (AvgIpc) is 3.41. The quantitative estimate of drug-likeness (QED) is 0.441. The van der Waals surface area contributed by atoms with Crippen LogP contribution >= 0.6 is 0 Å². The summed E-state index contributed by atoms with van der Waals surface area (Å²) in [6.07, 6.45) is 4.00. The fourth-order valence-electron chi connectivity index (χ4n) is 3.93. The van der Waals surface area contributed by atoms with Gasteiger partial charge in [0.05, 0.1) is 12.5 Å². The molecular formula is C21H29F2N3O2. The molecule has 2 saturated carbocycles. The molecule has 3 rings (SSSR count). The normalized spacial score (nSPS) is 27.2. The summed E-state index contributed by atoms with van der Waals surface area (Å²) in [5.41, 5.74) is 0.158. The minimum atomic E-state index is -0.492. The van der Waals surface area contributed by atoms with Gasteiger partial charge in [0.15, 0.2) is 5.96 Å². The summed E-state index contributed by atoms with van der Waals surface area (Å²) in [7, 11) is 0. The van der Waals surface area contributed by atoms with Crippen molar-refractivity contribution in [1.29, 1.82) is 0 Å². The van der Waals surface area contributed by atoms with Crippen LogP contribution in [-0.2, 0) is 9.53 Å². The molecule has 0 spiro atoms. The topological polar surface area (TPSA) is 62.7 Å². The lowest BCUT2D eigenvalue weighted by molar-refractivity contribution is -0.149. The third-order valence-electron chi connectivity index (χ3n) is 5.49. The van der Waals surface area contributed by atoms with Crippen LogP contribution in [0.4, 0.5) is 8.78 Å². The van der Waals surface area contributed by atoms with E-state index in [0.717, 1.165) is 25.7 Å². The summed E-state index contributed by atoms with van der Waals surface area (Å²) in [5.74, 6) is -0.610. The van der Waals surface area contributed by atoms with Crippen molar-refractivity contribution in [2.75, 3.05) is 13.2 Å². The zero-order valence-corrected chi connectivity index (χ0v) is 16.5. The number of hydrogen-bond acceptors (Lipinski definition) is 3. The Morgan fingerprint density at radius 1 is 1.14 bits per heavy atom. The monoisotopic (exact) mass is 393 g/mol. The second-order valence-electron chi connectivity index (χ2n) is 7.50. The molecule has 154 valence electrons. The lowest BCUT2D eigenvalue weighted by atomic mass is 9.86. The predicted molar refractivity (Wildman–Crippen MR) is 104 cm³/mol. The molecule has 0 aliphatic heterocycles. The molecule has 2 unspecified atom stereocenters. The second-order valence-corrected chi connectivity index (χ2v) is 7.50. The fraction of sp³-hybridized carbons (Fsp3) is 0.619. The number of ether oxygens (including phenoxy) is 1. The van der Waals surface area contributed by atoms with Gasteiger partial charge in [-0.05, 0) is 58.1 Å². The molecule has 28 heavy (non-hydrogen) atoms. The summed E-state index contributed by atoms with van der Waals surface area (Å²) >= 11 is 0. The zero-order chi connectivity index (χ0) is 20.1. The average molecular weight is 393 g/mol. The van der Waals surface area contributed by atoms with E-state index in [0.29, 0.717) is 25.5 Å². The van der Waals surface area contributed by atoms with Gasteiger partial charge in [-0.1, -0.05) is 6.07 Å². The van der Waals surface area contributed by atoms with Crippen molar-refractivity contribution in [2.24, 2.45) is 10.9 Å². The van der Waals surface area contributed by atoms with E-state index in [4.69, 9.17) is 4.74 Å². The maximum Gasteiger partial charge on any atom is 0.308 e. The summed E-state index contributed by atoms with van der Waals surface area (Å²) in [5, 5.41) is 6.73. The molecule has 0 aromatic heterocycles.